The zero-order valence-corrected chi connectivity index (χ0v) is 16.6. The van der Waals surface area contributed by atoms with Gasteiger partial charge >= 0.3 is 0 Å². The summed E-state index contributed by atoms with van der Waals surface area (Å²) in [5.41, 5.74) is 4.90. The highest BCUT2D eigenvalue weighted by molar-refractivity contribution is 9.10. The van der Waals surface area contributed by atoms with E-state index in [-0.39, 0.29) is 5.91 Å². The van der Waals surface area contributed by atoms with Gasteiger partial charge < -0.3 is 4.74 Å². The minimum absolute atomic E-state index is 0.270. The van der Waals surface area contributed by atoms with Crippen molar-refractivity contribution in [1.82, 2.24) is 5.43 Å². The molecule has 0 saturated carbocycles. The van der Waals surface area contributed by atoms with Crippen molar-refractivity contribution in [2.24, 2.45) is 5.10 Å². The average molecular weight is 444 g/mol. The molecule has 0 aliphatic heterocycles. The molecule has 0 fully saturated rings. The number of hydrogen-bond donors (Lipinski definition) is 1. The molecule has 0 atom stereocenters. The summed E-state index contributed by atoms with van der Waals surface area (Å²) < 4.78 is 6.70. The Balaban J connectivity index is 1.56. The molecule has 27 heavy (non-hydrogen) atoms. The van der Waals surface area contributed by atoms with Crippen molar-refractivity contribution < 1.29 is 9.53 Å². The van der Waals surface area contributed by atoms with Crippen molar-refractivity contribution in [2.45, 2.75) is 6.61 Å². The van der Waals surface area contributed by atoms with Crippen LogP contribution in [0.2, 0.25) is 5.02 Å². The first kappa shape index (κ1) is 19.1. The fourth-order valence-corrected chi connectivity index (χ4v) is 2.65. The van der Waals surface area contributed by atoms with Crippen molar-refractivity contribution in [3.63, 3.8) is 0 Å². The Labute approximate surface area is 171 Å². The van der Waals surface area contributed by atoms with E-state index in [1.54, 1.807) is 30.5 Å². The lowest BCUT2D eigenvalue weighted by Gasteiger charge is -2.07. The largest absolute Gasteiger partial charge is 0.489 e. The van der Waals surface area contributed by atoms with Gasteiger partial charge in [-0.15, -0.1) is 0 Å². The number of amides is 1. The quantitative estimate of drug-likeness (QED) is 0.407. The summed E-state index contributed by atoms with van der Waals surface area (Å²) in [6.07, 6.45) is 1.58. The maximum atomic E-state index is 12.0. The van der Waals surface area contributed by atoms with Crippen LogP contribution >= 0.6 is 27.5 Å². The molecule has 6 heteroatoms. The third-order valence-corrected chi connectivity index (χ3v) is 4.44. The molecule has 4 nitrogen and oxygen atoms in total. The fourth-order valence-electron chi connectivity index (χ4n) is 2.26. The van der Waals surface area contributed by atoms with Gasteiger partial charge in [-0.05, 0) is 59.7 Å². The first-order valence-corrected chi connectivity index (χ1v) is 9.33. The highest BCUT2D eigenvalue weighted by atomic mass is 79.9. The number of hydrazone groups is 1. The van der Waals surface area contributed by atoms with E-state index in [1.165, 1.54) is 0 Å². The number of nitrogens with zero attached hydrogens (tertiary/aromatic N) is 1. The van der Waals surface area contributed by atoms with E-state index in [0.29, 0.717) is 22.9 Å². The lowest BCUT2D eigenvalue weighted by Crippen LogP contribution is -2.17. The number of ether oxygens (including phenoxy) is 1. The summed E-state index contributed by atoms with van der Waals surface area (Å²) in [6, 6.07) is 22.0. The standard InChI is InChI=1S/C21H16BrClN2O2/c22-18-8-6-17(7-9-18)21(26)25-24-13-16-2-1-3-20(12-16)27-14-15-4-10-19(23)11-5-15/h1-13H,14H2,(H,25,26)/b24-13+. The van der Waals surface area contributed by atoms with Crippen LogP contribution in [0.4, 0.5) is 0 Å². The van der Waals surface area contributed by atoms with E-state index in [9.17, 15) is 4.79 Å². The third kappa shape index (κ3) is 5.94. The van der Waals surface area contributed by atoms with Gasteiger partial charge in [-0.25, -0.2) is 5.43 Å². The van der Waals surface area contributed by atoms with Crippen LogP contribution in [0.1, 0.15) is 21.5 Å². The summed E-state index contributed by atoms with van der Waals surface area (Å²) in [7, 11) is 0. The van der Waals surface area contributed by atoms with Gasteiger partial charge in [-0.2, -0.15) is 5.10 Å². The van der Waals surface area contributed by atoms with Gasteiger partial charge in [0.25, 0.3) is 5.91 Å². The van der Waals surface area contributed by atoms with Crippen molar-refractivity contribution in [1.29, 1.82) is 0 Å². The van der Waals surface area contributed by atoms with E-state index >= 15 is 0 Å². The summed E-state index contributed by atoms with van der Waals surface area (Å²) in [4.78, 5) is 12.0. The maximum absolute atomic E-state index is 12.0. The Kier molecular flexibility index (Phi) is 6.63. The molecule has 0 bridgehead atoms. The van der Waals surface area contributed by atoms with Crippen LogP contribution in [0, 0.1) is 0 Å². The summed E-state index contributed by atoms with van der Waals surface area (Å²) in [6.45, 7) is 0.443. The first-order chi connectivity index (χ1) is 13.1. The number of carbonyl (C=O) groups is 1. The minimum Gasteiger partial charge on any atom is -0.489 e. The first-order valence-electron chi connectivity index (χ1n) is 8.16. The maximum Gasteiger partial charge on any atom is 0.271 e. The molecule has 1 N–H and O–H groups in total. The lowest BCUT2D eigenvalue weighted by molar-refractivity contribution is 0.0955. The average Bonchev–Trinajstić information content (AvgIpc) is 2.68. The molecular weight excluding hydrogens is 428 g/mol. The minimum atomic E-state index is -0.270. The second kappa shape index (κ2) is 9.35. The zero-order chi connectivity index (χ0) is 19.1. The Bertz CT molecular complexity index is 941. The lowest BCUT2D eigenvalue weighted by atomic mass is 10.2. The normalized spacial score (nSPS) is 10.7. The van der Waals surface area contributed by atoms with E-state index in [0.717, 1.165) is 15.6 Å². The molecule has 0 aliphatic rings. The number of carbonyl (C=O) groups excluding carboxylic acids is 1. The van der Waals surface area contributed by atoms with Gasteiger partial charge in [0.1, 0.15) is 12.4 Å². The molecule has 0 aromatic heterocycles. The Hall–Kier alpha value is -2.63. The van der Waals surface area contributed by atoms with Gasteiger partial charge in [-0.3, -0.25) is 4.79 Å². The molecule has 3 aromatic carbocycles. The predicted octanol–water partition coefficient (Wildman–Crippen LogP) is 5.45. The SMILES string of the molecule is O=C(N/N=C/c1cccc(OCc2ccc(Cl)cc2)c1)c1ccc(Br)cc1. The molecule has 0 aliphatic carbocycles. The van der Waals surface area contributed by atoms with Crippen molar-refractivity contribution in [3.05, 3.63) is 99.0 Å². The van der Waals surface area contributed by atoms with Crippen LogP contribution in [-0.2, 0) is 6.61 Å². The Morgan fingerprint density at radius 1 is 1.07 bits per heavy atom. The van der Waals surface area contributed by atoms with Crippen molar-refractivity contribution in [3.8, 4) is 5.75 Å². The highest BCUT2D eigenvalue weighted by Crippen LogP contribution is 2.16. The second-order valence-electron chi connectivity index (χ2n) is 5.69. The van der Waals surface area contributed by atoms with Crippen molar-refractivity contribution >= 4 is 39.7 Å². The van der Waals surface area contributed by atoms with E-state index in [1.807, 2.05) is 48.5 Å². The van der Waals surface area contributed by atoms with Crippen LogP contribution in [0.5, 0.6) is 5.75 Å². The monoisotopic (exact) mass is 442 g/mol. The molecule has 0 saturated heterocycles. The van der Waals surface area contributed by atoms with Crippen LogP contribution in [0.3, 0.4) is 0 Å². The Morgan fingerprint density at radius 3 is 2.56 bits per heavy atom. The molecule has 3 aromatic rings. The second-order valence-corrected chi connectivity index (χ2v) is 7.05. The van der Waals surface area contributed by atoms with Crippen molar-refractivity contribution in [2.75, 3.05) is 0 Å². The van der Waals surface area contributed by atoms with Gasteiger partial charge in [0.2, 0.25) is 0 Å². The molecule has 3 rings (SSSR count). The van der Waals surface area contributed by atoms with Gasteiger partial charge in [0.15, 0.2) is 0 Å². The summed E-state index contributed by atoms with van der Waals surface area (Å²) >= 11 is 9.22. The number of hydrogen-bond acceptors (Lipinski definition) is 3. The fraction of sp³-hybridized carbons (Fsp3) is 0.0476. The van der Waals surface area contributed by atoms with Crippen LogP contribution < -0.4 is 10.2 Å². The number of halogens is 2. The highest BCUT2D eigenvalue weighted by Gasteiger charge is 2.03. The van der Waals surface area contributed by atoms with Gasteiger partial charge in [-0.1, -0.05) is 51.8 Å². The van der Waals surface area contributed by atoms with E-state index < -0.39 is 0 Å². The summed E-state index contributed by atoms with van der Waals surface area (Å²) in [5, 5.41) is 4.70. The molecule has 136 valence electrons. The van der Waals surface area contributed by atoms with Crippen LogP contribution in [-0.4, -0.2) is 12.1 Å². The molecule has 0 radical (unpaired) electrons. The van der Waals surface area contributed by atoms with Gasteiger partial charge in [0.05, 0.1) is 6.21 Å². The van der Waals surface area contributed by atoms with E-state index in [4.69, 9.17) is 16.3 Å². The van der Waals surface area contributed by atoms with Crippen LogP contribution in [0.15, 0.2) is 82.4 Å². The predicted molar refractivity (Wildman–Crippen MR) is 111 cm³/mol. The Morgan fingerprint density at radius 2 is 1.81 bits per heavy atom. The zero-order valence-electron chi connectivity index (χ0n) is 14.2. The number of benzene rings is 3. The molecule has 0 spiro atoms. The molecule has 1 amide bonds. The number of nitrogens with one attached hydrogen (secondary N) is 1. The van der Waals surface area contributed by atoms with Crippen LogP contribution in [0.25, 0.3) is 0 Å². The topological polar surface area (TPSA) is 50.7 Å². The smallest absolute Gasteiger partial charge is 0.271 e. The van der Waals surface area contributed by atoms with E-state index in [2.05, 4.69) is 26.5 Å². The molecule has 0 unspecified atom stereocenters. The number of rotatable bonds is 6. The molecule has 0 heterocycles. The summed E-state index contributed by atoms with van der Waals surface area (Å²) in [5.74, 6) is 0.446. The third-order valence-electron chi connectivity index (χ3n) is 3.66. The molecular formula is C21H16BrClN2O2. The van der Waals surface area contributed by atoms with Gasteiger partial charge in [0, 0.05) is 15.1 Å².